The first kappa shape index (κ1) is 13.7. The van der Waals surface area contributed by atoms with Gasteiger partial charge in [-0.25, -0.2) is 4.98 Å². The van der Waals surface area contributed by atoms with Crippen molar-refractivity contribution in [1.82, 2.24) is 14.9 Å². The van der Waals surface area contributed by atoms with E-state index in [0.29, 0.717) is 6.04 Å². The van der Waals surface area contributed by atoms with Crippen LogP contribution in [0, 0.1) is 0 Å². The Balaban J connectivity index is 2.08. The van der Waals surface area contributed by atoms with E-state index in [1.807, 2.05) is 35.9 Å². The van der Waals surface area contributed by atoms with Gasteiger partial charge < -0.3 is 9.88 Å². The minimum Gasteiger partial charge on any atom is -0.317 e. The summed E-state index contributed by atoms with van der Waals surface area (Å²) in [6, 6.07) is 8.32. The second-order valence-corrected chi connectivity index (χ2v) is 4.92. The van der Waals surface area contributed by atoms with Gasteiger partial charge in [0.05, 0.1) is 17.2 Å². The van der Waals surface area contributed by atoms with Gasteiger partial charge in [0.2, 0.25) is 0 Å². The van der Waals surface area contributed by atoms with Crippen molar-refractivity contribution in [3.8, 4) is 0 Å². The lowest BCUT2D eigenvalue weighted by Gasteiger charge is -2.11. The van der Waals surface area contributed by atoms with E-state index in [2.05, 4.69) is 17.2 Å². The van der Waals surface area contributed by atoms with Gasteiger partial charge in [-0.15, -0.1) is 0 Å². The van der Waals surface area contributed by atoms with E-state index in [4.69, 9.17) is 0 Å². The molecular weight excluding hydrogens is 238 g/mol. The minimum absolute atomic E-state index is 0.0136. The van der Waals surface area contributed by atoms with Gasteiger partial charge in [0.1, 0.15) is 0 Å². The summed E-state index contributed by atoms with van der Waals surface area (Å²) in [7, 11) is 1.98. The zero-order valence-electron chi connectivity index (χ0n) is 11.6. The third-order valence-corrected chi connectivity index (χ3v) is 3.51. The van der Waals surface area contributed by atoms with Crippen LogP contribution < -0.4 is 10.9 Å². The van der Waals surface area contributed by atoms with Crippen molar-refractivity contribution in [2.24, 2.45) is 0 Å². The molecule has 1 heterocycles. The zero-order chi connectivity index (χ0) is 13.7. The Morgan fingerprint density at radius 2 is 2.11 bits per heavy atom. The molecule has 0 spiro atoms. The molecule has 2 aromatic rings. The van der Waals surface area contributed by atoms with Gasteiger partial charge in [-0.3, -0.25) is 4.79 Å². The smallest absolute Gasteiger partial charge is 0.269 e. The Hall–Kier alpha value is -1.68. The van der Waals surface area contributed by atoms with Crippen LogP contribution in [0.3, 0.4) is 0 Å². The maximum absolute atomic E-state index is 11.9. The molecule has 19 heavy (non-hydrogen) atoms. The van der Waals surface area contributed by atoms with Gasteiger partial charge in [0.15, 0.2) is 0 Å². The quantitative estimate of drug-likeness (QED) is 0.809. The second-order valence-electron chi connectivity index (χ2n) is 4.92. The van der Waals surface area contributed by atoms with Gasteiger partial charge >= 0.3 is 0 Å². The van der Waals surface area contributed by atoms with Crippen molar-refractivity contribution < 1.29 is 0 Å². The summed E-state index contributed by atoms with van der Waals surface area (Å²) in [6.45, 7) is 2.94. The van der Waals surface area contributed by atoms with Crippen LogP contribution in [0.2, 0.25) is 0 Å². The first-order valence-electron chi connectivity index (χ1n) is 6.84. The summed E-state index contributed by atoms with van der Waals surface area (Å²) in [4.78, 5) is 16.1. The molecule has 0 aliphatic rings. The molecule has 4 nitrogen and oxygen atoms in total. The number of hydrogen-bond donors (Lipinski definition) is 1. The number of para-hydroxylation sites is 2. The molecule has 4 heteroatoms. The fourth-order valence-electron chi connectivity index (χ4n) is 2.21. The lowest BCUT2D eigenvalue weighted by atomic mass is 10.1. The monoisotopic (exact) mass is 259 g/mol. The molecule has 2 rings (SSSR count). The molecule has 1 unspecified atom stereocenters. The van der Waals surface area contributed by atoms with Crippen molar-refractivity contribution in [2.45, 2.75) is 38.8 Å². The van der Waals surface area contributed by atoms with E-state index >= 15 is 0 Å². The number of unbranched alkanes of at least 4 members (excludes halogenated alkanes) is 1. The van der Waals surface area contributed by atoms with Gasteiger partial charge in [-0.05, 0) is 38.9 Å². The standard InChI is InChI=1S/C15H21N3O/c1-12(16-2)7-5-6-10-18-14-9-4-3-8-13(14)17-11-15(18)19/h3-4,8-9,11-12,16H,5-7,10H2,1-2H3. The van der Waals surface area contributed by atoms with E-state index in [-0.39, 0.29) is 5.56 Å². The third-order valence-electron chi connectivity index (χ3n) is 3.51. The molecule has 0 aliphatic heterocycles. The van der Waals surface area contributed by atoms with Gasteiger partial charge in [-0.2, -0.15) is 0 Å². The average molecular weight is 259 g/mol. The minimum atomic E-state index is -0.0136. The highest BCUT2D eigenvalue weighted by Crippen LogP contribution is 2.10. The number of hydrogen-bond acceptors (Lipinski definition) is 3. The predicted molar refractivity (Wildman–Crippen MR) is 78.4 cm³/mol. The Morgan fingerprint density at radius 1 is 1.32 bits per heavy atom. The summed E-state index contributed by atoms with van der Waals surface area (Å²) in [6.07, 6.45) is 4.68. The third kappa shape index (κ3) is 3.41. The summed E-state index contributed by atoms with van der Waals surface area (Å²) < 4.78 is 1.83. The summed E-state index contributed by atoms with van der Waals surface area (Å²) in [5.74, 6) is 0. The van der Waals surface area contributed by atoms with Crippen LogP contribution in [-0.2, 0) is 6.54 Å². The van der Waals surface area contributed by atoms with Crippen LogP contribution in [-0.4, -0.2) is 22.6 Å². The molecule has 0 bridgehead atoms. The van der Waals surface area contributed by atoms with Gasteiger partial charge in [0.25, 0.3) is 5.56 Å². The number of aryl methyl sites for hydroxylation is 1. The molecule has 0 fully saturated rings. The highest BCUT2D eigenvalue weighted by Gasteiger charge is 2.04. The molecule has 0 aliphatic carbocycles. The Bertz CT molecular complexity index is 591. The average Bonchev–Trinajstić information content (AvgIpc) is 2.45. The Morgan fingerprint density at radius 3 is 2.89 bits per heavy atom. The molecule has 102 valence electrons. The Kier molecular flexibility index (Phi) is 4.68. The maximum Gasteiger partial charge on any atom is 0.269 e. The largest absolute Gasteiger partial charge is 0.317 e. The van der Waals surface area contributed by atoms with E-state index < -0.39 is 0 Å². The molecule has 0 saturated carbocycles. The predicted octanol–water partition coefficient (Wildman–Crippen LogP) is 2.17. The topological polar surface area (TPSA) is 46.9 Å². The normalized spacial score (nSPS) is 12.7. The maximum atomic E-state index is 11.9. The van der Waals surface area contributed by atoms with Crippen LogP contribution in [0.25, 0.3) is 11.0 Å². The van der Waals surface area contributed by atoms with Gasteiger partial charge in [-0.1, -0.05) is 18.6 Å². The molecule has 0 saturated heterocycles. The van der Waals surface area contributed by atoms with Crippen molar-refractivity contribution >= 4 is 11.0 Å². The van der Waals surface area contributed by atoms with Gasteiger partial charge in [0, 0.05) is 12.6 Å². The molecular formula is C15H21N3O. The fourth-order valence-corrected chi connectivity index (χ4v) is 2.21. The van der Waals surface area contributed by atoms with Crippen LogP contribution in [0.15, 0.2) is 35.3 Å². The summed E-state index contributed by atoms with van der Waals surface area (Å²) in [5.41, 5.74) is 1.79. The number of nitrogens with zero attached hydrogens (tertiary/aromatic N) is 2. The van der Waals surface area contributed by atoms with Crippen LogP contribution in [0.5, 0.6) is 0 Å². The van der Waals surface area contributed by atoms with E-state index in [1.165, 1.54) is 6.20 Å². The molecule has 1 atom stereocenters. The summed E-state index contributed by atoms with van der Waals surface area (Å²) in [5, 5.41) is 3.23. The lowest BCUT2D eigenvalue weighted by Crippen LogP contribution is -2.22. The van der Waals surface area contributed by atoms with Crippen molar-refractivity contribution in [3.63, 3.8) is 0 Å². The SMILES string of the molecule is CNC(C)CCCCn1c(=O)cnc2ccccc21. The lowest BCUT2D eigenvalue weighted by molar-refractivity contribution is 0.505. The zero-order valence-corrected chi connectivity index (χ0v) is 11.6. The van der Waals surface area contributed by atoms with Crippen molar-refractivity contribution in [2.75, 3.05) is 7.05 Å². The van der Waals surface area contributed by atoms with Crippen molar-refractivity contribution in [1.29, 1.82) is 0 Å². The number of fused-ring (bicyclic) bond motifs is 1. The first-order valence-corrected chi connectivity index (χ1v) is 6.84. The van der Waals surface area contributed by atoms with Crippen LogP contribution in [0.1, 0.15) is 26.2 Å². The van der Waals surface area contributed by atoms with E-state index in [9.17, 15) is 4.79 Å². The number of benzene rings is 1. The molecule has 0 radical (unpaired) electrons. The highest BCUT2D eigenvalue weighted by atomic mass is 16.1. The van der Waals surface area contributed by atoms with Crippen molar-refractivity contribution in [3.05, 3.63) is 40.8 Å². The summed E-state index contributed by atoms with van der Waals surface area (Å²) >= 11 is 0. The molecule has 1 aromatic heterocycles. The Labute approximate surface area is 113 Å². The first-order chi connectivity index (χ1) is 9.22. The fraction of sp³-hybridized carbons (Fsp3) is 0.467. The number of aromatic nitrogens is 2. The van der Waals surface area contributed by atoms with Crippen LogP contribution >= 0.6 is 0 Å². The second kappa shape index (κ2) is 6.48. The number of rotatable bonds is 6. The highest BCUT2D eigenvalue weighted by molar-refractivity contribution is 5.74. The molecule has 1 N–H and O–H groups in total. The number of nitrogens with one attached hydrogen (secondary N) is 1. The molecule has 1 aromatic carbocycles. The van der Waals surface area contributed by atoms with E-state index in [1.54, 1.807) is 0 Å². The molecule has 0 amide bonds. The van der Waals surface area contributed by atoms with E-state index in [0.717, 1.165) is 36.8 Å². The van der Waals surface area contributed by atoms with Crippen LogP contribution in [0.4, 0.5) is 0 Å².